The van der Waals surface area contributed by atoms with Gasteiger partial charge in [-0.25, -0.2) is 0 Å². The first-order chi connectivity index (χ1) is 11.4. The van der Waals surface area contributed by atoms with Crippen LogP contribution < -0.4 is 10.6 Å². The molecule has 2 aromatic rings. The number of amides is 2. The van der Waals surface area contributed by atoms with Gasteiger partial charge in [-0.2, -0.15) is 0 Å². The number of halogens is 3. The maximum Gasteiger partial charge on any atom is 0.240 e. The Morgan fingerprint density at radius 1 is 0.875 bits per heavy atom. The van der Waals surface area contributed by atoms with Gasteiger partial charge in [0.25, 0.3) is 0 Å². The van der Waals surface area contributed by atoms with Gasteiger partial charge < -0.3 is 10.6 Å². The third-order valence-electron chi connectivity index (χ3n) is 3.88. The van der Waals surface area contributed by atoms with Crippen molar-refractivity contribution in [2.45, 2.75) is 12.8 Å². The highest BCUT2D eigenvalue weighted by Gasteiger charge is 2.56. The van der Waals surface area contributed by atoms with Crippen molar-refractivity contribution >= 4 is 58.0 Å². The third-order valence-corrected chi connectivity index (χ3v) is 4.68. The molecule has 2 N–H and O–H groups in total. The van der Waals surface area contributed by atoms with Gasteiger partial charge in [0.2, 0.25) is 11.8 Å². The van der Waals surface area contributed by atoms with Crippen LogP contribution in [0.4, 0.5) is 11.4 Å². The molecule has 0 unspecified atom stereocenters. The smallest absolute Gasteiger partial charge is 0.240 e. The predicted octanol–water partition coefficient (Wildman–Crippen LogP) is 5.00. The Labute approximate surface area is 154 Å². The zero-order valence-electron chi connectivity index (χ0n) is 12.4. The topological polar surface area (TPSA) is 58.2 Å². The fourth-order valence-corrected chi connectivity index (χ4v) is 2.86. The SMILES string of the molecule is O=C(Nc1cccc(Cl)c1)C1(C(=O)Nc2cc(Cl)ccc2Cl)CC1. The molecule has 0 atom stereocenters. The Bertz CT molecular complexity index is 819. The van der Waals surface area contributed by atoms with E-state index in [0.29, 0.717) is 39.3 Å². The number of hydrogen-bond donors (Lipinski definition) is 2. The van der Waals surface area contributed by atoms with Crippen LogP contribution in [0, 0.1) is 5.41 Å². The summed E-state index contributed by atoms with van der Waals surface area (Å²) in [6.45, 7) is 0. The maximum atomic E-state index is 12.6. The van der Waals surface area contributed by atoms with Crippen LogP contribution in [0.1, 0.15) is 12.8 Å². The summed E-state index contributed by atoms with van der Waals surface area (Å²) in [7, 11) is 0. The standard InChI is InChI=1S/C17H13Cl3N2O2/c18-10-2-1-3-12(8-10)21-15(23)17(6-7-17)16(24)22-14-9-11(19)4-5-13(14)20/h1-5,8-9H,6-7H2,(H,21,23)(H,22,24). The average molecular weight is 384 g/mol. The summed E-state index contributed by atoms with van der Waals surface area (Å²) >= 11 is 17.9. The number of carbonyl (C=O) groups excluding carboxylic acids is 2. The first-order valence-electron chi connectivity index (χ1n) is 7.24. The normalized spacial score (nSPS) is 14.8. The largest absolute Gasteiger partial charge is 0.325 e. The highest BCUT2D eigenvalue weighted by Crippen LogP contribution is 2.48. The highest BCUT2D eigenvalue weighted by atomic mass is 35.5. The lowest BCUT2D eigenvalue weighted by Crippen LogP contribution is -2.35. The quantitative estimate of drug-likeness (QED) is 0.730. The molecule has 4 nitrogen and oxygen atoms in total. The van der Waals surface area contributed by atoms with E-state index in [1.807, 2.05) is 0 Å². The van der Waals surface area contributed by atoms with Crippen LogP contribution in [-0.4, -0.2) is 11.8 Å². The molecule has 7 heteroatoms. The molecular formula is C17H13Cl3N2O2. The monoisotopic (exact) mass is 382 g/mol. The van der Waals surface area contributed by atoms with Crippen LogP contribution in [0.2, 0.25) is 15.1 Å². The lowest BCUT2D eigenvalue weighted by Gasteiger charge is -2.16. The maximum absolute atomic E-state index is 12.6. The first-order valence-corrected chi connectivity index (χ1v) is 8.38. The van der Waals surface area contributed by atoms with E-state index in [2.05, 4.69) is 10.6 Å². The molecule has 2 amide bonds. The number of hydrogen-bond acceptors (Lipinski definition) is 2. The van der Waals surface area contributed by atoms with Gasteiger partial charge in [0.15, 0.2) is 0 Å². The molecule has 0 spiro atoms. The second kappa shape index (κ2) is 6.63. The molecular weight excluding hydrogens is 371 g/mol. The van der Waals surface area contributed by atoms with Crippen molar-refractivity contribution in [3.8, 4) is 0 Å². The van der Waals surface area contributed by atoms with Gasteiger partial charge in [0.05, 0.1) is 10.7 Å². The molecule has 124 valence electrons. The van der Waals surface area contributed by atoms with Gasteiger partial charge in [0, 0.05) is 15.7 Å². The van der Waals surface area contributed by atoms with Crippen molar-refractivity contribution in [1.29, 1.82) is 0 Å². The fourth-order valence-electron chi connectivity index (χ4n) is 2.33. The summed E-state index contributed by atoms with van der Waals surface area (Å²) in [5, 5.41) is 6.74. The Morgan fingerprint density at radius 3 is 2.21 bits per heavy atom. The van der Waals surface area contributed by atoms with Gasteiger partial charge in [-0.1, -0.05) is 40.9 Å². The van der Waals surface area contributed by atoms with Crippen molar-refractivity contribution in [1.82, 2.24) is 0 Å². The Hall–Kier alpha value is -1.75. The average Bonchev–Trinajstić information content (AvgIpc) is 3.33. The van der Waals surface area contributed by atoms with Crippen LogP contribution in [0.5, 0.6) is 0 Å². The summed E-state index contributed by atoms with van der Waals surface area (Å²) in [5.41, 5.74) is -0.156. The number of carbonyl (C=O) groups is 2. The first kappa shape index (κ1) is 17.1. The number of rotatable bonds is 4. The molecule has 0 aromatic heterocycles. The van der Waals surface area contributed by atoms with Gasteiger partial charge >= 0.3 is 0 Å². The predicted molar refractivity (Wildman–Crippen MR) is 96.8 cm³/mol. The molecule has 0 heterocycles. The molecule has 0 aliphatic heterocycles. The van der Waals surface area contributed by atoms with Crippen LogP contribution in [0.15, 0.2) is 42.5 Å². The Balaban J connectivity index is 1.74. The summed E-state index contributed by atoms with van der Waals surface area (Å²) in [6.07, 6.45) is 0.951. The van der Waals surface area contributed by atoms with E-state index >= 15 is 0 Å². The lowest BCUT2D eigenvalue weighted by atomic mass is 10.0. The summed E-state index contributed by atoms with van der Waals surface area (Å²) in [4.78, 5) is 25.1. The van der Waals surface area contributed by atoms with E-state index in [0.717, 1.165) is 0 Å². The molecule has 3 rings (SSSR count). The van der Waals surface area contributed by atoms with Crippen LogP contribution >= 0.6 is 34.8 Å². The van der Waals surface area contributed by atoms with Crippen molar-refractivity contribution in [2.75, 3.05) is 10.6 Å². The Morgan fingerprint density at radius 2 is 1.54 bits per heavy atom. The molecule has 1 fully saturated rings. The molecule has 0 radical (unpaired) electrons. The third kappa shape index (κ3) is 3.51. The molecule has 0 bridgehead atoms. The van der Waals surface area contributed by atoms with E-state index in [1.165, 1.54) is 0 Å². The second-order valence-electron chi connectivity index (χ2n) is 5.62. The van der Waals surface area contributed by atoms with Gasteiger partial charge in [-0.15, -0.1) is 0 Å². The second-order valence-corrected chi connectivity index (χ2v) is 6.90. The van der Waals surface area contributed by atoms with Gasteiger partial charge in [-0.3, -0.25) is 9.59 Å². The minimum absolute atomic E-state index is 0.360. The van der Waals surface area contributed by atoms with Crippen LogP contribution in [0.25, 0.3) is 0 Å². The Kier molecular flexibility index (Phi) is 4.72. The van der Waals surface area contributed by atoms with E-state index in [4.69, 9.17) is 34.8 Å². The van der Waals surface area contributed by atoms with Crippen LogP contribution in [0.3, 0.4) is 0 Å². The fraction of sp³-hybridized carbons (Fsp3) is 0.176. The number of benzene rings is 2. The molecule has 2 aromatic carbocycles. The number of nitrogens with one attached hydrogen (secondary N) is 2. The molecule has 1 aliphatic carbocycles. The van der Waals surface area contributed by atoms with E-state index < -0.39 is 11.3 Å². The van der Waals surface area contributed by atoms with Crippen LogP contribution in [-0.2, 0) is 9.59 Å². The minimum atomic E-state index is -1.09. The van der Waals surface area contributed by atoms with Crippen molar-refractivity contribution in [2.24, 2.45) is 5.41 Å². The summed E-state index contributed by atoms with van der Waals surface area (Å²) in [6, 6.07) is 11.5. The number of anilines is 2. The molecule has 0 saturated heterocycles. The highest BCUT2D eigenvalue weighted by molar-refractivity contribution is 6.36. The zero-order valence-corrected chi connectivity index (χ0v) is 14.7. The molecule has 1 saturated carbocycles. The van der Waals surface area contributed by atoms with E-state index in [1.54, 1.807) is 42.5 Å². The minimum Gasteiger partial charge on any atom is -0.325 e. The lowest BCUT2D eigenvalue weighted by molar-refractivity contribution is -0.131. The molecule has 1 aliphatic rings. The van der Waals surface area contributed by atoms with E-state index in [9.17, 15) is 9.59 Å². The van der Waals surface area contributed by atoms with Crippen molar-refractivity contribution < 1.29 is 9.59 Å². The van der Waals surface area contributed by atoms with Gasteiger partial charge in [0.1, 0.15) is 5.41 Å². The van der Waals surface area contributed by atoms with Crippen molar-refractivity contribution in [3.63, 3.8) is 0 Å². The molecule has 24 heavy (non-hydrogen) atoms. The summed E-state index contributed by atoms with van der Waals surface area (Å²) in [5.74, 6) is -0.758. The summed E-state index contributed by atoms with van der Waals surface area (Å²) < 4.78 is 0. The van der Waals surface area contributed by atoms with E-state index in [-0.39, 0.29) is 5.91 Å². The van der Waals surface area contributed by atoms with Crippen molar-refractivity contribution in [3.05, 3.63) is 57.5 Å². The zero-order chi connectivity index (χ0) is 17.3. The van der Waals surface area contributed by atoms with Gasteiger partial charge in [-0.05, 0) is 49.2 Å².